The monoisotopic (exact) mass is 278 g/mol. The minimum atomic E-state index is -4.11. The van der Waals surface area contributed by atoms with Crippen molar-refractivity contribution in [1.82, 2.24) is 4.98 Å². The van der Waals surface area contributed by atoms with Gasteiger partial charge in [-0.15, -0.1) is 0 Å². The SMILES string of the molecule is O=C(Nc1ccncc1)OS(=O)(=O)c1ccccc1. The lowest BCUT2D eigenvalue weighted by Crippen LogP contribution is -2.18. The maximum absolute atomic E-state index is 11.7. The molecule has 0 bridgehead atoms. The lowest BCUT2D eigenvalue weighted by Gasteiger charge is -2.06. The number of hydrogen-bond donors (Lipinski definition) is 1. The van der Waals surface area contributed by atoms with Crippen LogP contribution in [0.25, 0.3) is 0 Å². The Kier molecular flexibility index (Phi) is 3.76. The predicted molar refractivity (Wildman–Crippen MR) is 68.0 cm³/mol. The smallest absolute Gasteiger partial charge is 0.324 e. The summed E-state index contributed by atoms with van der Waals surface area (Å²) in [5.41, 5.74) is 0.392. The molecule has 0 aliphatic rings. The second kappa shape index (κ2) is 5.49. The molecule has 0 spiro atoms. The van der Waals surface area contributed by atoms with Crippen LogP contribution < -0.4 is 5.32 Å². The van der Waals surface area contributed by atoms with Crippen molar-refractivity contribution in [1.29, 1.82) is 0 Å². The molecule has 0 saturated carbocycles. The van der Waals surface area contributed by atoms with Gasteiger partial charge in [-0.25, -0.2) is 4.79 Å². The van der Waals surface area contributed by atoms with Gasteiger partial charge in [-0.1, -0.05) is 18.2 Å². The Labute approximate surface area is 110 Å². The number of nitrogens with zero attached hydrogens (tertiary/aromatic N) is 1. The first kappa shape index (κ1) is 13.0. The fourth-order valence-electron chi connectivity index (χ4n) is 1.31. The van der Waals surface area contributed by atoms with E-state index in [2.05, 4.69) is 14.5 Å². The number of pyridine rings is 1. The summed E-state index contributed by atoms with van der Waals surface area (Å²) in [4.78, 5) is 15.1. The topological polar surface area (TPSA) is 85.4 Å². The number of nitrogens with one attached hydrogen (secondary N) is 1. The summed E-state index contributed by atoms with van der Waals surface area (Å²) < 4.78 is 27.9. The zero-order chi connectivity index (χ0) is 13.7. The molecule has 0 aliphatic heterocycles. The number of rotatable bonds is 3. The summed E-state index contributed by atoms with van der Waals surface area (Å²) in [7, 11) is -4.11. The molecular formula is C12H10N2O4S. The number of carbonyl (C=O) groups is 1. The molecule has 0 unspecified atom stereocenters. The van der Waals surface area contributed by atoms with Gasteiger partial charge in [0.25, 0.3) is 0 Å². The van der Waals surface area contributed by atoms with E-state index < -0.39 is 16.2 Å². The summed E-state index contributed by atoms with van der Waals surface area (Å²) in [6.07, 6.45) is 1.85. The third kappa shape index (κ3) is 3.52. The summed E-state index contributed by atoms with van der Waals surface area (Å²) in [6.45, 7) is 0. The molecule has 2 rings (SSSR count). The number of benzene rings is 1. The lowest BCUT2D eigenvalue weighted by molar-refractivity contribution is 0.217. The zero-order valence-electron chi connectivity index (χ0n) is 9.68. The maximum atomic E-state index is 11.7. The molecule has 2 aromatic rings. The van der Waals surface area contributed by atoms with Crippen molar-refractivity contribution in [2.45, 2.75) is 4.90 Å². The van der Waals surface area contributed by atoms with Gasteiger partial charge in [0.2, 0.25) is 0 Å². The van der Waals surface area contributed by atoms with Crippen LogP contribution in [0.1, 0.15) is 0 Å². The molecule has 0 aliphatic carbocycles. The predicted octanol–water partition coefficient (Wildman–Crippen LogP) is 2.02. The van der Waals surface area contributed by atoms with E-state index in [0.717, 1.165) is 0 Å². The highest BCUT2D eigenvalue weighted by Crippen LogP contribution is 2.13. The van der Waals surface area contributed by atoms with Crippen molar-refractivity contribution in [2.75, 3.05) is 5.32 Å². The average molecular weight is 278 g/mol. The highest BCUT2D eigenvalue weighted by atomic mass is 32.2. The fraction of sp³-hybridized carbons (Fsp3) is 0. The fourth-order valence-corrected chi connectivity index (χ4v) is 2.14. The Morgan fingerprint density at radius 3 is 2.32 bits per heavy atom. The second-order valence-corrected chi connectivity index (χ2v) is 5.05. The summed E-state index contributed by atoms with van der Waals surface area (Å²) in [6, 6.07) is 10.4. The van der Waals surface area contributed by atoms with Crippen molar-refractivity contribution in [3.63, 3.8) is 0 Å². The second-order valence-electron chi connectivity index (χ2n) is 3.50. The van der Waals surface area contributed by atoms with Gasteiger partial charge in [0.1, 0.15) is 4.90 Å². The van der Waals surface area contributed by atoms with Gasteiger partial charge >= 0.3 is 16.2 Å². The molecule has 19 heavy (non-hydrogen) atoms. The van der Waals surface area contributed by atoms with E-state index in [0.29, 0.717) is 5.69 Å². The van der Waals surface area contributed by atoms with Crippen LogP contribution in [0.2, 0.25) is 0 Å². The molecule has 1 N–H and O–H groups in total. The van der Waals surface area contributed by atoms with Gasteiger partial charge in [0, 0.05) is 18.1 Å². The van der Waals surface area contributed by atoms with Crippen molar-refractivity contribution in [3.05, 3.63) is 54.9 Å². The maximum Gasteiger partial charge on any atom is 0.427 e. The number of carbonyl (C=O) groups excluding carboxylic acids is 1. The molecule has 0 fully saturated rings. The Balaban J connectivity index is 2.07. The number of amides is 1. The van der Waals surface area contributed by atoms with E-state index in [1.165, 1.54) is 48.8 Å². The molecule has 0 saturated heterocycles. The number of aromatic nitrogens is 1. The standard InChI is InChI=1S/C12H10N2O4S/c15-12(14-10-6-8-13-9-7-10)18-19(16,17)11-4-2-1-3-5-11/h1-9H,(H,13,14,15). The largest absolute Gasteiger partial charge is 0.427 e. The van der Waals surface area contributed by atoms with Crippen molar-refractivity contribution in [3.8, 4) is 0 Å². The van der Waals surface area contributed by atoms with Gasteiger partial charge in [-0.05, 0) is 24.3 Å². The third-order valence-corrected chi connectivity index (χ3v) is 3.36. The summed E-state index contributed by atoms with van der Waals surface area (Å²) in [5.74, 6) is 0. The van der Waals surface area contributed by atoms with Crippen molar-refractivity contribution >= 4 is 21.9 Å². The molecule has 1 aromatic heterocycles. The van der Waals surface area contributed by atoms with E-state index >= 15 is 0 Å². The van der Waals surface area contributed by atoms with Crippen LogP contribution in [-0.4, -0.2) is 19.5 Å². The van der Waals surface area contributed by atoms with Gasteiger partial charge < -0.3 is 4.18 Å². The average Bonchev–Trinajstić information content (AvgIpc) is 2.40. The molecule has 6 nitrogen and oxygen atoms in total. The van der Waals surface area contributed by atoms with E-state index in [9.17, 15) is 13.2 Å². The Hall–Kier alpha value is -2.41. The highest BCUT2D eigenvalue weighted by molar-refractivity contribution is 7.87. The van der Waals surface area contributed by atoms with Gasteiger partial charge in [0.05, 0.1) is 0 Å². The Morgan fingerprint density at radius 1 is 1.05 bits per heavy atom. The van der Waals surface area contributed by atoms with Gasteiger partial charge in [0.15, 0.2) is 0 Å². The Bertz CT molecular complexity index is 657. The third-order valence-electron chi connectivity index (χ3n) is 2.14. The molecule has 1 aromatic carbocycles. The molecule has 7 heteroatoms. The quantitative estimate of drug-likeness (QED) is 0.868. The van der Waals surface area contributed by atoms with Crippen LogP contribution in [0.15, 0.2) is 59.8 Å². The zero-order valence-corrected chi connectivity index (χ0v) is 10.5. The minimum absolute atomic E-state index is 0.0834. The van der Waals surface area contributed by atoms with Crippen LogP contribution in [0.3, 0.4) is 0 Å². The molecular weight excluding hydrogens is 268 g/mol. The van der Waals surface area contributed by atoms with E-state index in [-0.39, 0.29) is 4.90 Å². The van der Waals surface area contributed by atoms with Crippen LogP contribution >= 0.6 is 0 Å². The summed E-state index contributed by atoms with van der Waals surface area (Å²) >= 11 is 0. The normalized spacial score (nSPS) is 10.7. The highest BCUT2D eigenvalue weighted by Gasteiger charge is 2.19. The van der Waals surface area contributed by atoms with Gasteiger partial charge in [-0.2, -0.15) is 8.42 Å². The first-order chi connectivity index (χ1) is 9.08. The molecule has 0 atom stereocenters. The lowest BCUT2D eigenvalue weighted by atomic mass is 10.4. The Morgan fingerprint density at radius 2 is 1.68 bits per heavy atom. The first-order valence-electron chi connectivity index (χ1n) is 5.28. The van der Waals surface area contributed by atoms with Crippen molar-refractivity contribution < 1.29 is 17.4 Å². The van der Waals surface area contributed by atoms with Crippen LogP contribution in [0, 0.1) is 0 Å². The van der Waals surface area contributed by atoms with E-state index in [1.54, 1.807) is 6.07 Å². The van der Waals surface area contributed by atoms with Gasteiger partial charge in [-0.3, -0.25) is 10.3 Å². The minimum Gasteiger partial charge on any atom is -0.324 e. The summed E-state index contributed by atoms with van der Waals surface area (Å²) in [5, 5.41) is 2.29. The molecule has 1 amide bonds. The molecule has 98 valence electrons. The van der Waals surface area contributed by atoms with E-state index in [4.69, 9.17) is 0 Å². The van der Waals surface area contributed by atoms with Crippen LogP contribution in [-0.2, 0) is 14.3 Å². The van der Waals surface area contributed by atoms with Crippen LogP contribution in [0.5, 0.6) is 0 Å². The molecule has 1 heterocycles. The van der Waals surface area contributed by atoms with Crippen LogP contribution in [0.4, 0.5) is 10.5 Å². The first-order valence-corrected chi connectivity index (χ1v) is 6.69. The van der Waals surface area contributed by atoms with E-state index in [1.807, 2.05) is 0 Å². The number of hydrogen-bond acceptors (Lipinski definition) is 5. The number of anilines is 1. The molecule has 0 radical (unpaired) electrons. The van der Waals surface area contributed by atoms with Crippen molar-refractivity contribution in [2.24, 2.45) is 0 Å².